The highest BCUT2D eigenvalue weighted by molar-refractivity contribution is 6.35. The Balaban J connectivity index is 1.37. The summed E-state index contributed by atoms with van der Waals surface area (Å²) in [6, 6.07) is 13.0. The van der Waals surface area contributed by atoms with Crippen LogP contribution in [0.1, 0.15) is 32.6 Å². The molecule has 0 atom stereocenters. The molecule has 0 aliphatic carbocycles. The van der Waals surface area contributed by atoms with Crippen LogP contribution in [0.25, 0.3) is 6.08 Å². The standard InChI is InChI=1S/C28H25Cl2NO5/c1-16-10-23-20(14-31(15-35-23)9-8-17-4-7-22(33-2)24(11-17)34-3)28-26(16)27(32)25(36-28)12-18-5-6-19(29)13-21(18)30/h4-7,10-13H,8-9,14-15H2,1-3H3/b25-12+. The summed E-state index contributed by atoms with van der Waals surface area (Å²) in [4.78, 5) is 15.4. The first-order valence-corrected chi connectivity index (χ1v) is 12.3. The van der Waals surface area contributed by atoms with Gasteiger partial charge < -0.3 is 18.9 Å². The molecule has 6 nitrogen and oxygen atoms in total. The number of ether oxygens (including phenoxy) is 4. The van der Waals surface area contributed by atoms with Gasteiger partial charge >= 0.3 is 0 Å². The van der Waals surface area contributed by atoms with E-state index in [2.05, 4.69) is 4.90 Å². The third kappa shape index (κ3) is 4.64. The lowest BCUT2D eigenvalue weighted by atomic mass is 9.98. The van der Waals surface area contributed by atoms with Gasteiger partial charge in [-0.15, -0.1) is 0 Å². The molecule has 2 aliphatic heterocycles. The number of methoxy groups -OCH3 is 2. The lowest BCUT2D eigenvalue weighted by Gasteiger charge is -2.30. The summed E-state index contributed by atoms with van der Waals surface area (Å²) in [6.45, 7) is 3.71. The van der Waals surface area contributed by atoms with Crippen molar-refractivity contribution in [2.24, 2.45) is 0 Å². The minimum Gasteiger partial charge on any atom is -0.493 e. The van der Waals surface area contributed by atoms with E-state index in [-0.39, 0.29) is 11.5 Å². The number of carbonyl (C=O) groups is 1. The van der Waals surface area contributed by atoms with Crippen LogP contribution >= 0.6 is 23.2 Å². The van der Waals surface area contributed by atoms with E-state index in [1.807, 2.05) is 31.2 Å². The highest BCUT2D eigenvalue weighted by atomic mass is 35.5. The molecule has 0 bridgehead atoms. The number of Topliss-reactive ketones (excluding diaryl/α,β-unsaturated/α-hetero) is 1. The number of halogens is 2. The average Bonchev–Trinajstić information content (AvgIpc) is 3.21. The number of allylic oxidation sites excluding steroid dienone is 1. The van der Waals surface area contributed by atoms with Gasteiger partial charge in [0.25, 0.3) is 0 Å². The Hall–Kier alpha value is -3.19. The lowest BCUT2D eigenvalue weighted by molar-refractivity contribution is 0.0949. The Morgan fingerprint density at radius 1 is 1.06 bits per heavy atom. The van der Waals surface area contributed by atoms with Crippen molar-refractivity contribution < 1.29 is 23.7 Å². The predicted octanol–water partition coefficient (Wildman–Crippen LogP) is 6.33. The molecular weight excluding hydrogens is 501 g/mol. The van der Waals surface area contributed by atoms with Gasteiger partial charge in [0.1, 0.15) is 18.2 Å². The number of carbonyl (C=O) groups excluding carboxylic acids is 1. The molecular formula is C28H25Cl2NO5. The molecule has 0 unspecified atom stereocenters. The first kappa shape index (κ1) is 24.5. The first-order valence-electron chi connectivity index (χ1n) is 11.5. The summed E-state index contributed by atoms with van der Waals surface area (Å²) in [7, 11) is 3.25. The Bertz CT molecular complexity index is 1380. The Morgan fingerprint density at radius 3 is 2.61 bits per heavy atom. The topological polar surface area (TPSA) is 57.2 Å². The van der Waals surface area contributed by atoms with Gasteiger partial charge in [0, 0.05) is 23.1 Å². The minimum atomic E-state index is -0.168. The summed E-state index contributed by atoms with van der Waals surface area (Å²) >= 11 is 12.3. The van der Waals surface area contributed by atoms with Crippen LogP contribution in [0.15, 0.2) is 48.2 Å². The average molecular weight is 526 g/mol. The predicted molar refractivity (Wildman–Crippen MR) is 140 cm³/mol. The van der Waals surface area contributed by atoms with Gasteiger partial charge in [0.05, 0.1) is 25.3 Å². The third-order valence-electron chi connectivity index (χ3n) is 6.40. The van der Waals surface area contributed by atoms with E-state index in [1.54, 1.807) is 38.5 Å². The SMILES string of the molecule is COc1ccc(CCN2COc3cc(C)c4c(c3C2)O/C(=C/c2ccc(Cl)cc2Cl)C4=O)cc1OC. The van der Waals surface area contributed by atoms with Gasteiger partial charge in [-0.3, -0.25) is 9.69 Å². The molecule has 2 aliphatic rings. The van der Waals surface area contributed by atoms with Crippen molar-refractivity contribution in [3.05, 3.63) is 86.1 Å². The van der Waals surface area contributed by atoms with Crippen LogP contribution in [-0.4, -0.2) is 38.2 Å². The van der Waals surface area contributed by atoms with E-state index in [1.165, 1.54) is 0 Å². The molecule has 36 heavy (non-hydrogen) atoms. The summed E-state index contributed by atoms with van der Waals surface area (Å²) < 4.78 is 23.0. The van der Waals surface area contributed by atoms with Crippen LogP contribution < -0.4 is 18.9 Å². The maximum Gasteiger partial charge on any atom is 0.232 e. The van der Waals surface area contributed by atoms with Gasteiger partial charge in [-0.25, -0.2) is 0 Å². The molecule has 5 rings (SSSR count). The summed E-state index contributed by atoms with van der Waals surface area (Å²) in [5, 5.41) is 0.977. The van der Waals surface area contributed by atoms with Crippen LogP contribution in [0.3, 0.4) is 0 Å². The fraction of sp³-hybridized carbons (Fsp3) is 0.250. The molecule has 186 valence electrons. The molecule has 8 heteroatoms. The van der Waals surface area contributed by atoms with E-state index in [0.717, 1.165) is 35.4 Å². The summed E-state index contributed by atoms with van der Waals surface area (Å²) in [5.74, 6) is 2.77. The molecule has 2 heterocycles. The number of hydrogen-bond donors (Lipinski definition) is 0. The van der Waals surface area contributed by atoms with Crippen LogP contribution in [0.5, 0.6) is 23.0 Å². The third-order valence-corrected chi connectivity index (χ3v) is 6.96. The molecule has 3 aromatic rings. The fourth-order valence-electron chi connectivity index (χ4n) is 4.50. The number of rotatable bonds is 6. The van der Waals surface area contributed by atoms with Crippen LogP contribution in [0.4, 0.5) is 0 Å². The maximum atomic E-state index is 13.3. The molecule has 0 saturated carbocycles. The van der Waals surface area contributed by atoms with Crippen molar-refractivity contribution in [2.45, 2.75) is 19.9 Å². The molecule has 0 radical (unpaired) electrons. The number of benzene rings is 3. The second-order valence-corrected chi connectivity index (χ2v) is 9.59. The summed E-state index contributed by atoms with van der Waals surface area (Å²) in [5.41, 5.74) is 4.04. The fourth-order valence-corrected chi connectivity index (χ4v) is 4.97. The van der Waals surface area contributed by atoms with Crippen molar-refractivity contribution >= 4 is 35.1 Å². The molecule has 0 aromatic heterocycles. The molecule has 0 spiro atoms. The summed E-state index contributed by atoms with van der Waals surface area (Å²) in [6.07, 6.45) is 2.46. The Labute approximate surface area is 219 Å². The molecule has 0 N–H and O–H groups in total. The highest BCUT2D eigenvalue weighted by Crippen LogP contribution is 2.44. The largest absolute Gasteiger partial charge is 0.493 e. The number of aryl methyl sites for hydroxylation is 1. The zero-order chi connectivity index (χ0) is 25.4. The van der Waals surface area contributed by atoms with Gasteiger partial charge in [0.2, 0.25) is 5.78 Å². The van der Waals surface area contributed by atoms with Crippen molar-refractivity contribution in [1.82, 2.24) is 4.90 Å². The number of fused-ring (bicyclic) bond motifs is 3. The zero-order valence-electron chi connectivity index (χ0n) is 20.2. The monoisotopic (exact) mass is 525 g/mol. The van der Waals surface area contributed by atoms with E-state index < -0.39 is 0 Å². The van der Waals surface area contributed by atoms with Crippen LogP contribution in [0, 0.1) is 6.92 Å². The van der Waals surface area contributed by atoms with Crippen LogP contribution in [0.2, 0.25) is 10.0 Å². The van der Waals surface area contributed by atoms with Gasteiger partial charge in [0.15, 0.2) is 17.3 Å². The quantitative estimate of drug-likeness (QED) is 0.350. The Morgan fingerprint density at radius 2 is 1.86 bits per heavy atom. The van der Waals surface area contributed by atoms with Crippen molar-refractivity contribution in [1.29, 1.82) is 0 Å². The zero-order valence-corrected chi connectivity index (χ0v) is 21.7. The molecule has 0 amide bonds. The molecule has 0 fully saturated rings. The Kier molecular flexibility index (Phi) is 6.84. The van der Waals surface area contributed by atoms with Crippen molar-refractivity contribution in [2.75, 3.05) is 27.5 Å². The molecule has 3 aromatic carbocycles. The van der Waals surface area contributed by atoms with Gasteiger partial charge in [-0.05, 0) is 66.4 Å². The van der Waals surface area contributed by atoms with E-state index in [4.69, 9.17) is 42.1 Å². The lowest BCUT2D eigenvalue weighted by Crippen LogP contribution is -2.34. The van der Waals surface area contributed by atoms with E-state index in [9.17, 15) is 4.79 Å². The van der Waals surface area contributed by atoms with Crippen LogP contribution in [-0.2, 0) is 13.0 Å². The normalized spacial score (nSPS) is 15.8. The maximum absolute atomic E-state index is 13.3. The second-order valence-electron chi connectivity index (χ2n) is 8.75. The highest BCUT2D eigenvalue weighted by Gasteiger charge is 2.35. The first-order chi connectivity index (χ1) is 17.4. The van der Waals surface area contributed by atoms with Gasteiger partial charge in [-0.1, -0.05) is 35.3 Å². The number of nitrogens with zero attached hydrogens (tertiary/aromatic N) is 1. The minimum absolute atomic E-state index is 0.168. The van der Waals surface area contributed by atoms with Crippen molar-refractivity contribution in [3.8, 4) is 23.0 Å². The number of hydrogen-bond acceptors (Lipinski definition) is 6. The van der Waals surface area contributed by atoms with Crippen molar-refractivity contribution in [3.63, 3.8) is 0 Å². The smallest absolute Gasteiger partial charge is 0.232 e. The number of ketones is 1. The second kappa shape index (κ2) is 10.1. The van der Waals surface area contributed by atoms with Gasteiger partial charge in [-0.2, -0.15) is 0 Å². The van der Waals surface area contributed by atoms with E-state index in [0.29, 0.717) is 51.7 Å². The molecule has 0 saturated heterocycles. The van der Waals surface area contributed by atoms with E-state index >= 15 is 0 Å².